The van der Waals surface area contributed by atoms with E-state index >= 15 is 0 Å². The van der Waals surface area contributed by atoms with Gasteiger partial charge >= 0.3 is 0 Å². The van der Waals surface area contributed by atoms with Crippen LogP contribution in [0, 0.1) is 6.92 Å². The van der Waals surface area contributed by atoms with Gasteiger partial charge in [0, 0.05) is 30.9 Å². The molecule has 1 atom stereocenters. The first-order chi connectivity index (χ1) is 12.2. The monoisotopic (exact) mass is 333 g/mol. The Kier molecular flexibility index (Phi) is 2.86. The average molecular weight is 333 g/mol. The molecule has 0 spiro atoms. The molecule has 25 heavy (non-hydrogen) atoms. The van der Waals surface area contributed by atoms with Gasteiger partial charge in [0.15, 0.2) is 5.65 Å². The molecule has 126 valence electrons. The number of rotatable bonds is 2. The van der Waals surface area contributed by atoms with Crippen LogP contribution in [0.3, 0.4) is 0 Å². The number of aromatic nitrogens is 4. The molecule has 4 aromatic rings. The van der Waals surface area contributed by atoms with Crippen LogP contribution in [-0.2, 0) is 0 Å². The fourth-order valence-corrected chi connectivity index (χ4v) is 3.93. The minimum atomic E-state index is 0.267. The van der Waals surface area contributed by atoms with Gasteiger partial charge in [0.2, 0.25) is 0 Å². The Balaban J connectivity index is 1.70. The summed E-state index contributed by atoms with van der Waals surface area (Å²) >= 11 is 0. The lowest BCUT2D eigenvalue weighted by Gasteiger charge is -2.11. The number of aromatic amines is 1. The highest BCUT2D eigenvalue weighted by Crippen LogP contribution is 2.41. The topological polar surface area (TPSA) is 58.5 Å². The Bertz CT molecular complexity index is 1110. The number of likely N-dealkylation sites (N-methyl/N-ethyl adjacent to an activating group) is 1. The second-order valence-corrected chi connectivity index (χ2v) is 6.64. The summed E-state index contributed by atoms with van der Waals surface area (Å²) in [7, 11) is 3.84. The van der Waals surface area contributed by atoms with Crippen molar-refractivity contribution in [1.29, 1.82) is 0 Å². The summed E-state index contributed by atoms with van der Waals surface area (Å²) in [5, 5.41) is 0. The number of hydrogen-bond acceptors (Lipinski definition) is 4. The minimum absolute atomic E-state index is 0.267. The van der Waals surface area contributed by atoms with Crippen LogP contribution < -0.4 is 9.64 Å². The van der Waals surface area contributed by atoms with E-state index in [1.165, 1.54) is 16.9 Å². The lowest BCUT2D eigenvalue weighted by Crippen LogP contribution is -2.15. The Morgan fingerprint density at radius 1 is 1.20 bits per heavy atom. The molecule has 4 heterocycles. The first kappa shape index (κ1) is 14.3. The van der Waals surface area contributed by atoms with Crippen molar-refractivity contribution >= 4 is 22.4 Å². The zero-order valence-electron chi connectivity index (χ0n) is 14.4. The van der Waals surface area contributed by atoms with Crippen molar-refractivity contribution < 1.29 is 4.74 Å². The van der Waals surface area contributed by atoms with Crippen molar-refractivity contribution in [2.75, 3.05) is 25.6 Å². The molecule has 1 N–H and O–H groups in total. The van der Waals surface area contributed by atoms with Crippen LogP contribution in [0.1, 0.15) is 23.0 Å². The lowest BCUT2D eigenvalue weighted by molar-refractivity contribution is 0.414. The number of anilines is 1. The van der Waals surface area contributed by atoms with Crippen LogP contribution in [-0.4, -0.2) is 40.1 Å². The van der Waals surface area contributed by atoms with E-state index in [0.717, 1.165) is 34.8 Å². The predicted molar refractivity (Wildman–Crippen MR) is 97.7 cm³/mol. The van der Waals surface area contributed by atoms with Crippen molar-refractivity contribution in [3.8, 4) is 5.75 Å². The minimum Gasteiger partial charge on any atom is -0.497 e. The van der Waals surface area contributed by atoms with Crippen molar-refractivity contribution in [2.45, 2.75) is 12.8 Å². The largest absolute Gasteiger partial charge is 0.497 e. The first-order valence-corrected chi connectivity index (χ1v) is 8.36. The maximum atomic E-state index is 5.43. The van der Waals surface area contributed by atoms with E-state index in [-0.39, 0.29) is 5.92 Å². The molecule has 0 saturated carbocycles. The molecule has 0 amide bonds. The number of ether oxygens (including phenoxy) is 1. The van der Waals surface area contributed by atoms with Gasteiger partial charge in [-0.1, -0.05) is 0 Å². The Hall–Kier alpha value is -3.02. The van der Waals surface area contributed by atoms with Gasteiger partial charge < -0.3 is 14.6 Å². The van der Waals surface area contributed by atoms with Crippen LogP contribution in [0.5, 0.6) is 5.75 Å². The molecule has 1 unspecified atom stereocenters. The summed E-state index contributed by atoms with van der Waals surface area (Å²) in [5.74, 6) is 2.13. The molecule has 1 aromatic carbocycles. The van der Waals surface area contributed by atoms with Crippen molar-refractivity contribution in [1.82, 2.24) is 19.4 Å². The van der Waals surface area contributed by atoms with E-state index in [1.54, 1.807) is 7.11 Å². The number of hydrogen-bond donors (Lipinski definition) is 1. The van der Waals surface area contributed by atoms with Gasteiger partial charge in [-0.2, -0.15) is 0 Å². The summed E-state index contributed by atoms with van der Waals surface area (Å²) in [6.45, 7) is 2.95. The predicted octanol–water partition coefficient (Wildman–Crippen LogP) is 3.11. The maximum Gasteiger partial charge on any atom is 0.154 e. The van der Waals surface area contributed by atoms with Gasteiger partial charge in [0.1, 0.15) is 11.6 Å². The number of nitrogens with zero attached hydrogens (tertiary/aromatic N) is 4. The van der Waals surface area contributed by atoms with Crippen LogP contribution in [0.4, 0.5) is 5.69 Å². The number of H-pyrrole nitrogens is 1. The molecule has 0 fully saturated rings. The molecule has 1 aliphatic rings. The van der Waals surface area contributed by atoms with Gasteiger partial charge in [-0.3, -0.25) is 4.40 Å². The van der Waals surface area contributed by atoms with Crippen LogP contribution in [0.2, 0.25) is 0 Å². The molecule has 0 radical (unpaired) electrons. The Morgan fingerprint density at radius 3 is 2.88 bits per heavy atom. The van der Waals surface area contributed by atoms with Crippen LogP contribution in [0.15, 0.2) is 36.7 Å². The third-order valence-corrected chi connectivity index (χ3v) is 5.18. The van der Waals surface area contributed by atoms with Crippen LogP contribution >= 0.6 is 0 Å². The van der Waals surface area contributed by atoms with Crippen molar-refractivity contribution in [3.63, 3.8) is 0 Å². The molecule has 3 aromatic heterocycles. The summed E-state index contributed by atoms with van der Waals surface area (Å²) < 4.78 is 7.57. The van der Waals surface area contributed by atoms with E-state index in [2.05, 4.69) is 49.5 Å². The highest BCUT2D eigenvalue weighted by atomic mass is 16.5. The molecule has 5 rings (SSSR count). The smallest absolute Gasteiger partial charge is 0.154 e. The quantitative estimate of drug-likeness (QED) is 0.612. The number of aryl methyl sites for hydroxylation is 1. The maximum absolute atomic E-state index is 5.43. The Morgan fingerprint density at radius 2 is 2.04 bits per heavy atom. The second-order valence-electron chi connectivity index (χ2n) is 6.64. The third-order valence-electron chi connectivity index (χ3n) is 5.18. The lowest BCUT2D eigenvalue weighted by atomic mass is 9.98. The van der Waals surface area contributed by atoms with Gasteiger partial charge in [0.05, 0.1) is 30.5 Å². The summed E-state index contributed by atoms with van der Waals surface area (Å²) in [5.41, 5.74) is 6.68. The first-order valence-electron chi connectivity index (χ1n) is 8.36. The standard InChI is InChI=1S/C19H19N5O/c1-11-20-8-12-9-21-19-18(24(11)12)7-16(22-19)15-10-23(2)17-5-4-13(25-3)6-14(15)17/h4-9,15,22H,10H2,1-3H3. The van der Waals surface area contributed by atoms with E-state index < -0.39 is 0 Å². The van der Waals surface area contributed by atoms with Gasteiger partial charge in [-0.05, 0) is 36.8 Å². The molecular weight excluding hydrogens is 314 g/mol. The number of methoxy groups -OCH3 is 1. The SMILES string of the molecule is COc1ccc2c(c1)C(c1cc3c(ncc4cnc(C)n43)[nH]1)CN2C. The number of nitrogens with one attached hydrogen (secondary N) is 1. The van der Waals surface area contributed by atoms with Gasteiger partial charge in [0.25, 0.3) is 0 Å². The fraction of sp³-hybridized carbons (Fsp3) is 0.263. The van der Waals surface area contributed by atoms with Gasteiger partial charge in [-0.25, -0.2) is 9.97 Å². The molecule has 0 saturated heterocycles. The number of benzene rings is 1. The zero-order chi connectivity index (χ0) is 17.1. The Labute approximate surface area is 145 Å². The average Bonchev–Trinajstić information content (AvgIpc) is 3.30. The van der Waals surface area contributed by atoms with E-state index in [4.69, 9.17) is 4.74 Å². The third kappa shape index (κ3) is 1.97. The summed E-state index contributed by atoms with van der Waals surface area (Å²) in [6.07, 6.45) is 3.72. The van der Waals surface area contributed by atoms with Gasteiger partial charge in [-0.15, -0.1) is 0 Å². The molecule has 6 nitrogen and oxygen atoms in total. The normalized spacial score (nSPS) is 16.8. The number of fused-ring (bicyclic) bond motifs is 4. The van der Waals surface area contributed by atoms with Crippen LogP contribution in [0.25, 0.3) is 16.7 Å². The zero-order valence-corrected chi connectivity index (χ0v) is 14.4. The summed E-state index contributed by atoms with van der Waals surface area (Å²) in [4.78, 5) is 14.8. The van der Waals surface area contributed by atoms with E-state index in [1.807, 2.05) is 25.4 Å². The summed E-state index contributed by atoms with van der Waals surface area (Å²) in [6, 6.07) is 8.49. The fourth-order valence-electron chi connectivity index (χ4n) is 3.93. The van der Waals surface area contributed by atoms with Crippen molar-refractivity contribution in [3.05, 3.63) is 53.7 Å². The molecule has 1 aliphatic heterocycles. The van der Waals surface area contributed by atoms with E-state index in [9.17, 15) is 0 Å². The molecule has 6 heteroatoms. The second kappa shape index (κ2) is 4.99. The highest BCUT2D eigenvalue weighted by Gasteiger charge is 2.29. The molecular formula is C19H19N5O. The van der Waals surface area contributed by atoms with Crippen molar-refractivity contribution in [2.24, 2.45) is 0 Å². The highest BCUT2D eigenvalue weighted by molar-refractivity contribution is 5.78. The number of imidazole rings is 1. The molecule has 0 aliphatic carbocycles. The molecule has 0 bridgehead atoms. The van der Waals surface area contributed by atoms with E-state index in [0.29, 0.717) is 0 Å².